The van der Waals surface area contributed by atoms with Gasteiger partial charge in [-0.15, -0.1) is 0 Å². The van der Waals surface area contributed by atoms with Gasteiger partial charge in [0.05, 0.1) is 28.3 Å². The number of rotatable bonds is 7. The van der Waals surface area contributed by atoms with E-state index >= 15 is 0 Å². The second-order valence-corrected chi connectivity index (χ2v) is 5.15. The van der Waals surface area contributed by atoms with Gasteiger partial charge >= 0.3 is 11.7 Å². The van der Waals surface area contributed by atoms with Gasteiger partial charge in [-0.1, -0.05) is 12.1 Å². The van der Waals surface area contributed by atoms with Crippen molar-refractivity contribution in [3.8, 4) is 11.8 Å². The molecule has 138 valence electrons. The Balaban J connectivity index is 2.03. The molecule has 27 heavy (non-hydrogen) atoms. The van der Waals surface area contributed by atoms with Gasteiger partial charge in [0.2, 0.25) is 0 Å². The van der Waals surface area contributed by atoms with Crippen molar-refractivity contribution >= 4 is 23.3 Å². The first-order chi connectivity index (χ1) is 13.0. The topological polar surface area (TPSA) is 132 Å². The third-order valence-corrected chi connectivity index (χ3v) is 3.35. The first-order valence-electron chi connectivity index (χ1n) is 7.83. The second-order valence-electron chi connectivity index (χ2n) is 5.15. The van der Waals surface area contributed by atoms with Crippen LogP contribution < -0.4 is 10.1 Å². The van der Waals surface area contributed by atoms with Crippen molar-refractivity contribution in [2.75, 3.05) is 18.5 Å². The van der Waals surface area contributed by atoms with E-state index in [0.717, 1.165) is 6.07 Å². The number of nitrogens with zero attached hydrogens (tertiary/aromatic N) is 2. The molecule has 0 aromatic heterocycles. The number of nitro benzene ring substituents is 1. The molecule has 0 aliphatic heterocycles. The molecule has 0 radical (unpaired) electrons. The van der Waals surface area contributed by atoms with Gasteiger partial charge in [-0.2, -0.15) is 5.26 Å². The molecule has 0 spiro atoms. The summed E-state index contributed by atoms with van der Waals surface area (Å²) < 4.78 is 10.0. The van der Waals surface area contributed by atoms with Gasteiger partial charge in [-0.25, -0.2) is 4.79 Å². The van der Waals surface area contributed by atoms with Gasteiger partial charge in [0, 0.05) is 6.07 Å². The molecule has 0 bridgehead atoms. The molecule has 9 nitrogen and oxygen atoms in total. The Hall–Kier alpha value is -3.93. The van der Waals surface area contributed by atoms with E-state index < -0.39 is 23.4 Å². The number of carbonyl (C=O) groups is 2. The summed E-state index contributed by atoms with van der Waals surface area (Å²) in [6, 6.07) is 11.9. The van der Waals surface area contributed by atoms with Crippen LogP contribution in [0.3, 0.4) is 0 Å². The fourth-order valence-corrected chi connectivity index (χ4v) is 2.15. The van der Waals surface area contributed by atoms with Crippen molar-refractivity contribution in [2.24, 2.45) is 0 Å². The van der Waals surface area contributed by atoms with E-state index in [1.54, 1.807) is 19.1 Å². The zero-order chi connectivity index (χ0) is 19.8. The molecule has 0 atom stereocenters. The monoisotopic (exact) mass is 369 g/mol. The molecule has 1 amide bonds. The van der Waals surface area contributed by atoms with Crippen LogP contribution in [0, 0.1) is 21.4 Å². The fourth-order valence-electron chi connectivity index (χ4n) is 2.15. The molecular formula is C18H15N3O6. The molecule has 0 saturated carbocycles. The zero-order valence-electron chi connectivity index (χ0n) is 14.3. The van der Waals surface area contributed by atoms with Crippen molar-refractivity contribution in [2.45, 2.75) is 6.92 Å². The number of hydrogen-bond acceptors (Lipinski definition) is 7. The molecule has 1 N–H and O–H groups in total. The third-order valence-electron chi connectivity index (χ3n) is 3.35. The minimum atomic E-state index is -0.898. The third kappa shape index (κ3) is 5.02. The standard InChI is InChI=1S/C18H15N3O6/c1-2-26-16-8-7-12(9-15(16)21(24)25)18(23)27-11-17(22)20-14-6-4-3-5-13(14)10-19/h3-9H,2,11H2,1H3,(H,20,22). The first-order valence-corrected chi connectivity index (χ1v) is 7.83. The summed E-state index contributed by atoms with van der Waals surface area (Å²) in [6.45, 7) is 1.30. The predicted molar refractivity (Wildman–Crippen MR) is 94.3 cm³/mol. The van der Waals surface area contributed by atoms with E-state index in [4.69, 9.17) is 14.7 Å². The Bertz CT molecular complexity index is 920. The highest BCUT2D eigenvalue weighted by Gasteiger charge is 2.20. The van der Waals surface area contributed by atoms with Crippen molar-refractivity contribution in [1.82, 2.24) is 0 Å². The van der Waals surface area contributed by atoms with Gasteiger partial charge in [-0.05, 0) is 31.2 Å². The lowest BCUT2D eigenvalue weighted by molar-refractivity contribution is -0.385. The van der Waals surface area contributed by atoms with Crippen LogP contribution in [0.2, 0.25) is 0 Å². The maximum atomic E-state index is 12.1. The number of benzene rings is 2. The number of amides is 1. The molecule has 9 heteroatoms. The molecular weight excluding hydrogens is 354 g/mol. The molecule has 0 aliphatic carbocycles. The summed E-state index contributed by atoms with van der Waals surface area (Å²) in [6.07, 6.45) is 0. The van der Waals surface area contributed by atoms with Crippen molar-refractivity contribution < 1.29 is 24.0 Å². The summed E-state index contributed by atoms with van der Waals surface area (Å²) in [5.41, 5.74) is 0.0890. The van der Waals surface area contributed by atoms with Gasteiger partial charge in [0.25, 0.3) is 5.91 Å². The molecule has 2 aromatic rings. The predicted octanol–water partition coefficient (Wildman–Crippen LogP) is 2.66. The number of para-hydroxylation sites is 1. The number of nitrogens with one attached hydrogen (secondary N) is 1. The minimum Gasteiger partial charge on any atom is -0.487 e. The number of anilines is 1. The molecule has 0 aliphatic rings. The zero-order valence-corrected chi connectivity index (χ0v) is 14.3. The quantitative estimate of drug-likeness (QED) is 0.451. The summed E-state index contributed by atoms with van der Waals surface area (Å²) >= 11 is 0. The Morgan fingerprint density at radius 2 is 2.00 bits per heavy atom. The number of hydrogen-bond donors (Lipinski definition) is 1. The summed E-state index contributed by atoms with van der Waals surface area (Å²) in [5.74, 6) is -1.51. The average Bonchev–Trinajstić information content (AvgIpc) is 2.67. The van der Waals surface area contributed by atoms with E-state index in [1.165, 1.54) is 24.3 Å². The molecule has 0 fully saturated rings. The fraction of sp³-hybridized carbons (Fsp3) is 0.167. The number of carbonyl (C=O) groups excluding carboxylic acids is 2. The van der Waals surface area contributed by atoms with E-state index in [9.17, 15) is 19.7 Å². The summed E-state index contributed by atoms with van der Waals surface area (Å²) in [5, 5.41) is 22.5. The van der Waals surface area contributed by atoms with Crippen LogP contribution >= 0.6 is 0 Å². The molecule has 0 saturated heterocycles. The van der Waals surface area contributed by atoms with Crippen LogP contribution in [-0.2, 0) is 9.53 Å². The average molecular weight is 369 g/mol. The lowest BCUT2D eigenvalue weighted by atomic mass is 10.2. The number of ether oxygens (including phenoxy) is 2. The maximum absolute atomic E-state index is 12.1. The summed E-state index contributed by atoms with van der Waals surface area (Å²) in [4.78, 5) is 34.4. The van der Waals surface area contributed by atoms with Crippen LogP contribution in [0.5, 0.6) is 5.75 Å². The lowest BCUT2D eigenvalue weighted by Crippen LogP contribution is -2.21. The second kappa shape index (κ2) is 8.96. The number of nitriles is 1. The SMILES string of the molecule is CCOc1ccc(C(=O)OCC(=O)Nc2ccccc2C#N)cc1[N+](=O)[O-]. The van der Waals surface area contributed by atoms with E-state index in [-0.39, 0.29) is 34.9 Å². The normalized spacial score (nSPS) is 9.78. The highest BCUT2D eigenvalue weighted by Crippen LogP contribution is 2.28. The number of esters is 1. The molecule has 2 rings (SSSR count). The molecule has 0 unspecified atom stereocenters. The van der Waals surface area contributed by atoms with E-state index in [1.807, 2.05) is 6.07 Å². The van der Waals surface area contributed by atoms with E-state index in [2.05, 4.69) is 5.32 Å². The van der Waals surface area contributed by atoms with Crippen molar-refractivity contribution in [3.05, 3.63) is 63.7 Å². The van der Waals surface area contributed by atoms with Crippen LogP contribution in [0.25, 0.3) is 0 Å². The van der Waals surface area contributed by atoms with Crippen LogP contribution in [0.15, 0.2) is 42.5 Å². The molecule has 0 heterocycles. The van der Waals surface area contributed by atoms with Gasteiger partial charge < -0.3 is 14.8 Å². The highest BCUT2D eigenvalue weighted by atomic mass is 16.6. The lowest BCUT2D eigenvalue weighted by Gasteiger charge is -2.09. The van der Waals surface area contributed by atoms with Crippen molar-refractivity contribution in [3.63, 3.8) is 0 Å². The Morgan fingerprint density at radius 1 is 1.26 bits per heavy atom. The first kappa shape index (κ1) is 19.4. The van der Waals surface area contributed by atoms with Gasteiger partial charge in [-0.3, -0.25) is 14.9 Å². The van der Waals surface area contributed by atoms with Gasteiger partial charge in [0.1, 0.15) is 6.07 Å². The Labute approximate surface area is 154 Å². The van der Waals surface area contributed by atoms with Crippen LogP contribution in [0.1, 0.15) is 22.8 Å². The van der Waals surface area contributed by atoms with Crippen LogP contribution in [0.4, 0.5) is 11.4 Å². The Morgan fingerprint density at radius 3 is 2.67 bits per heavy atom. The largest absolute Gasteiger partial charge is 0.487 e. The smallest absolute Gasteiger partial charge is 0.338 e. The van der Waals surface area contributed by atoms with Crippen LogP contribution in [-0.4, -0.2) is 30.0 Å². The molecule has 2 aromatic carbocycles. The highest BCUT2D eigenvalue weighted by molar-refractivity contribution is 5.96. The van der Waals surface area contributed by atoms with Gasteiger partial charge in [0.15, 0.2) is 12.4 Å². The Kier molecular flexibility index (Phi) is 6.44. The summed E-state index contributed by atoms with van der Waals surface area (Å²) in [7, 11) is 0. The maximum Gasteiger partial charge on any atom is 0.338 e. The van der Waals surface area contributed by atoms with Crippen molar-refractivity contribution in [1.29, 1.82) is 5.26 Å². The van der Waals surface area contributed by atoms with E-state index in [0.29, 0.717) is 0 Å². The number of nitro groups is 1. The minimum absolute atomic E-state index is 0.0323.